The fraction of sp³-hybridized carbons (Fsp3) is 0.214. The Hall–Kier alpha value is -1.61. The van der Waals surface area contributed by atoms with Crippen LogP contribution in [-0.2, 0) is 21.7 Å². The van der Waals surface area contributed by atoms with Gasteiger partial charge in [0.2, 0.25) is 0 Å². The standard InChI is InChI=1S/C15H17.C13H12O.2ClH.Ti/c1-10-11(2)13(4)15(12(10)3)14-8-6-5-7-9-14;14-13(11-7-3-1-4-8-11)12-9-5-2-6-10-12;;;/h5-8,15H,1-4H3;1-10,13-14H;2*1H;/q-1;;;;+3/p-2. The topological polar surface area (TPSA) is 20.2 Å². The van der Waals surface area contributed by atoms with E-state index in [2.05, 4.69) is 45.9 Å². The average Bonchev–Trinajstić information content (AvgIpc) is 2.98. The van der Waals surface area contributed by atoms with Crippen molar-refractivity contribution < 1.29 is 51.6 Å². The van der Waals surface area contributed by atoms with E-state index >= 15 is 0 Å². The van der Waals surface area contributed by atoms with E-state index in [4.69, 9.17) is 0 Å². The maximum atomic E-state index is 9.99. The zero-order valence-electron chi connectivity index (χ0n) is 18.9. The summed E-state index contributed by atoms with van der Waals surface area (Å²) in [6, 6.07) is 31.0. The smallest absolute Gasteiger partial charge is 1.00 e. The third kappa shape index (κ3) is 7.20. The molecule has 4 rings (SSSR count). The predicted octanol–water partition coefficient (Wildman–Crippen LogP) is 1.03. The third-order valence-corrected chi connectivity index (χ3v) is 5.89. The van der Waals surface area contributed by atoms with Gasteiger partial charge in [-0.2, -0.15) is 35.9 Å². The van der Waals surface area contributed by atoms with E-state index in [1.165, 1.54) is 27.9 Å². The maximum absolute atomic E-state index is 9.99. The minimum absolute atomic E-state index is 0. The van der Waals surface area contributed by atoms with Gasteiger partial charge in [0.15, 0.2) is 0 Å². The van der Waals surface area contributed by atoms with Crippen molar-refractivity contribution in [3.8, 4) is 0 Å². The molecule has 1 aliphatic carbocycles. The Morgan fingerprint density at radius 1 is 0.656 bits per heavy atom. The first-order valence-electron chi connectivity index (χ1n) is 10.1. The van der Waals surface area contributed by atoms with Gasteiger partial charge >= 0.3 is 21.7 Å². The first-order chi connectivity index (χ1) is 14.0. The summed E-state index contributed by atoms with van der Waals surface area (Å²) in [5, 5.41) is 9.99. The third-order valence-electron chi connectivity index (χ3n) is 5.89. The summed E-state index contributed by atoms with van der Waals surface area (Å²) < 4.78 is 0. The summed E-state index contributed by atoms with van der Waals surface area (Å²) in [6.07, 6.45) is -0.516. The van der Waals surface area contributed by atoms with Crippen LogP contribution in [-0.4, -0.2) is 5.11 Å². The van der Waals surface area contributed by atoms with Gasteiger partial charge in [-0.15, -0.1) is 0 Å². The summed E-state index contributed by atoms with van der Waals surface area (Å²) in [5.41, 5.74) is 9.02. The van der Waals surface area contributed by atoms with Gasteiger partial charge in [-0.1, -0.05) is 71.8 Å². The summed E-state index contributed by atoms with van der Waals surface area (Å²) in [7, 11) is 0. The first-order valence-corrected chi connectivity index (χ1v) is 10.1. The molecule has 1 nitrogen and oxygen atoms in total. The van der Waals surface area contributed by atoms with E-state index in [0.717, 1.165) is 11.1 Å². The van der Waals surface area contributed by atoms with Gasteiger partial charge < -0.3 is 29.9 Å². The molecule has 4 heteroatoms. The molecule has 1 N–H and O–H groups in total. The molecule has 3 aromatic carbocycles. The van der Waals surface area contributed by atoms with Gasteiger partial charge in [-0.25, -0.2) is 0 Å². The Balaban J connectivity index is 0.000000550. The van der Waals surface area contributed by atoms with Crippen LogP contribution in [0.3, 0.4) is 0 Å². The van der Waals surface area contributed by atoms with Crippen molar-refractivity contribution in [2.45, 2.75) is 39.7 Å². The Morgan fingerprint density at radius 2 is 1.06 bits per heavy atom. The zero-order valence-corrected chi connectivity index (χ0v) is 22.0. The van der Waals surface area contributed by atoms with Crippen molar-refractivity contribution in [3.05, 3.63) is 130 Å². The van der Waals surface area contributed by atoms with Crippen LogP contribution in [0.25, 0.3) is 0 Å². The molecule has 3 aromatic rings. The van der Waals surface area contributed by atoms with Gasteiger partial charge in [0.1, 0.15) is 6.10 Å². The largest absolute Gasteiger partial charge is 3.00 e. The zero-order chi connectivity index (χ0) is 20.8. The second-order valence-electron chi connectivity index (χ2n) is 7.59. The quantitative estimate of drug-likeness (QED) is 0.421. The van der Waals surface area contributed by atoms with E-state index in [0.29, 0.717) is 5.92 Å². The Bertz CT molecular complexity index is 936. The molecule has 0 spiro atoms. The van der Waals surface area contributed by atoms with Crippen molar-refractivity contribution >= 4 is 0 Å². The molecule has 0 saturated carbocycles. The van der Waals surface area contributed by atoms with Crippen molar-refractivity contribution in [2.75, 3.05) is 0 Å². The molecule has 0 fully saturated rings. The van der Waals surface area contributed by atoms with Crippen LogP contribution in [0.2, 0.25) is 0 Å². The van der Waals surface area contributed by atoms with Crippen molar-refractivity contribution in [1.29, 1.82) is 0 Å². The molecule has 1 radical (unpaired) electrons. The Morgan fingerprint density at radius 3 is 1.44 bits per heavy atom. The maximum Gasteiger partial charge on any atom is 3.00 e. The summed E-state index contributed by atoms with van der Waals surface area (Å²) in [6.45, 7) is 8.91. The molecule has 0 atom stereocenters. The molecule has 0 saturated heterocycles. The van der Waals surface area contributed by atoms with Crippen LogP contribution < -0.4 is 24.8 Å². The minimum Gasteiger partial charge on any atom is -1.00 e. The fourth-order valence-electron chi connectivity index (χ4n) is 3.87. The molecule has 32 heavy (non-hydrogen) atoms. The summed E-state index contributed by atoms with van der Waals surface area (Å²) in [5.74, 6) is 0.464. The van der Waals surface area contributed by atoms with Crippen LogP contribution >= 0.6 is 0 Å². The van der Waals surface area contributed by atoms with Crippen molar-refractivity contribution in [1.82, 2.24) is 0 Å². The molecule has 0 aromatic heterocycles. The van der Waals surface area contributed by atoms with Gasteiger partial charge in [-0.3, -0.25) is 0 Å². The first kappa shape index (κ1) is 30.4. The number of rotatable bonds is 3. The van der Waals surface area contributed by atoms with E-state index in [9.17, 15) is 5.11 Å². The second-order valence-corrected chi connectivity index (χ2v) is 7.59. The molecular formula is C28H29Cl2OTi. The second kappa shape index (κ2) is 14.5. The molecule has 0 aliphatic heterocycles. The molecule has 0 heterocycles. The number of halogens is 2. The van der Waals surface area contributed by atoms with Gasteiger partial charge in [0.05, 0.1) is 0 Å². The SMILES string of the molecule is CC1=C(C)C(c2[c-]cccc2)C(C)=C1C.OC(c1ccccc1)c1ccccc1.[Cl-].[Cl-].[Ti+3]. The van der Waals surface area contributed by atoms with Crippen molar-refractivity contribution in [3.63, 3.8) is 0 Å². The van der Waals surface area contributed by atoms with Gasteiger partial charge in [-0.05, 0) is 50.0 Å². The van der Waals surface area contributed by atoms with Crippen LogP contribution in [0.5, 0.6) is 0 Å². The van der Waals surface area contributed by atoms with Crippen molar-refractivity contribution in [2.24, 2.45) is 0 Å². The summed E-state index contributed by atoms with van der Waals surface area (Å²) >= 11 is 0. The molecule has 165 valence electrons. The average molecular weight is 500 g/mol. The van der Waals surface area contributed by atoms with Crippen LogP contribution in [0, 0.1) is 6.07 Å². The van der Waals surface area contributed by atoms with Gasteiger partial charge in [0.25, 0.3) is 0 Å². The van der Waals surface area contributed by atoms with E-state index in [-0.39, 0.29) is 46.5 Å². The van der Waals surface area contributed by atoms with E-state index in [1.54, 1.807) is 0 Å². The number of aliphatic hydroxyl groups is 1. The predicted molar refractivity (Wildman–Crippen MR) is 122 cm³/mol. The molecule has 0 bridgehead atoms. The molecular weight excluding hydrogens is 471 g/mol. The Kier molecular flexibility index (Phi) is 13.8. The minimum atomic E-state index is -0.516. The monoisotopic (exact) mass is 499 g/mol. The van der Waals surface area contributed by atoms with E-state index in [1.807, 2.05) is 72.8 Å². The Labute approximate surface area is 220 Å². The number of hydrogen-bond acceptors (Lipinski definition) is 1. The number of hydrogen-bond donors (Lipinski definition) is 1. The summed E-state index contributed by atoms with van der Waals surface area (Å²) in [4.78, 5) is 0. The molecule has 0 amide bonds. The van der Waals surface area contributed by atoms with Crippen LogP contribution in [0.1, 0.15) is 56.4 Å². The molecule has 1 aliphatic rings. The van der Waals surface area contributed by atoms with Crippen LogP contribution in [0.15, 0.2) is 107 Å². The molecule has 0 unspecified atom stereocenters. The number of benzene rings is 3. The fourth-order valence-corrected chi connectivity index (χ4v) is 3.87. The number of aliphatic hydroxyl groups excluding tert-OH is 1. The van der Waals surface area contributed by atoms with Crippen LogP contribution in [0.4, 0.5) is 0 Å². The van der Waals surface area contributed by atoms with E-state index < -0.39 is 6.10 Å². The number of allylic oxidation sites excluding steroid dienone is 4. The van der Waals surface area contributed by atoms with Gasteiger partial charge in [0, 0.05) is 5.92 Å². The normalized spacial score (nSPS) is 12.9.